The highest BCUT2D eigenvalue weighted by Crippen LogP contribution is 2.25. The van der Waals surface area contributed by atoms with Crippen LogP contribution in [0.4, 0.5) is 13.2 Å². The first-order valence-electron chi connectivity index (χ1n) is 11.8. The largest absolute Gasteiger partial charge is 0.494 e. The van der Waals surface area contributed by atoms with Gasteiger partial charge in [-0.1, -0.05) is 13.8 Å². The number of hydrogen-bond acceptors (Lipinski definition) is 6. The second-order valence-corrected chi connectivity index (χ2v) is 9.64. The average Bonchev–Trinajstić information content (AvgIpc) is 3.49. The number of aromatic hydroxyl groups is 1. The van der Waals surface area contributed by atoms with Crippen LogP contribution in [-0.2, 0) is 11.3 Å². The van der Waals surface area contributed by atoms with Gasteiger partial charge < -0.3 is 15.3 Å². The van der Waals surface area contributed by atoms with Crippen molar-refractivity contribution in [3.8, 4) is 5.88 Å². The topological polar surface area (TPSA) is 112 Å². The van der Waals surface area contributed by atoms with Gasteiger partial charge in [0.05, 0.1) is 12.7 Å². The number of amides is 2. The summed E-state index contributed by atoms with van der Waals surface area (Å²) in [6, 6.07) is -0.0111. The summed E-state index contributed by atoms with van der Waals surface area (Å²) in [7, 11) is 0. The molecule has 0 radical (unpaired) electrons. The van der Waals surface area contributed by atoms with Crippen molar-refractivity contribution < 1.29 is 27.9 Å². The fourth-order valence-corrected chi connectivity index (χ4v) is 4.20. The summed E-state index contributed by atoms with van der Waals surface area (Å²) in [5, 5.41) is 17.7. The lowest BCUT2D eigenvalue weighted by Crippen LogP contribution is -2.50. The minimum atomic E-state index is -4.29. The van der Waals surface area contributed by atoms with Gasteiger partial charge in [0.2, 0.25) is 11.8 Å². The highest BCUT2D eigenvalue weighted by molar-refractivity contribution is 5.97. The van der Waals surface area contributed by atoms with Crippen molar-refractivity contribution in [1.29, 1.82) is 0 Å². The molecular weight excluding hydrogens is 481 g/mol. The molecule has 1 saturated carbocycles. The first-order valence-corrected chi connectivity index (χ1v) is 11.8. The van der Waals surface area contributed by atoms with Crippen LogP contribution in [0.2, 0.25) is 0 Å². The lowest BCUT2D eigenvalue weighted by atomic mass is 10.2. The minimum Gasteiger partial charge on any atom is -0.494 e. The molecule has 2 amide bonds. The number of alkyl halides is 3. The van der Waals surface area contributed by atoms with Gasteiger partial charge in [-0.2, -0.15) is 22.8 Å². The number of carbonyl (C=O) groups is 2. The van der Waals surface area contributed by atoms with Gasteiger partial charge in [-0.05, 0) is 24.8 Å². The van der Waals surface area contributed by atoms with Crippen LogP contribution in [-0.4, -0.2) is 85.8 Å². The van der Waals surface area contributed by atoms with Gasteiger partial charge in [0, 0.05) is 50.4 Å². The van der Waals surface area contributed by atoms with Crippen molar-refractivity contribution in [2.75, 3.05) is 32.7 Å². The summed E-state index contributed by atoms with van der Waals surface area (Å²) >= 11 is 0. The molecule has 0 spiro atoms. The zero-order valence-corrected chi connectivity index (χ0v) is 20.1. The third-order valence-electron chi connectivity index (χ3n) is 6.09. The average molecular weight is 511 g/mol. The first kappa shape index (κ1) is 25.7. The molecule has 2 fully saturated rings. The van der Waals surface area contributed by atoms with E-state index in [9.17, 15) is 32.7 Å². The van der Waals surface area contributed by atoms with Crippen LogP contribution < -0.4 is 10.9 Å². The van der Waals surface area contributed by atoms with Crippen LogP contribution in [0.1, 0.15) is 42.6 Å². The minimum absolute atomic E-state index is 0.0111. The van der Waals surface area contributed by atoms with Crippen LogP contribution >= 0.6 is 0 Å². The molecule has 0 aromatic carbocycles. The van der Waals surface area contributed by atoms with Crippen molar-refractivity contribution in [3.05, 3.63) is 33.8 Å². The standard InChI is InChI=1S/C23H29F3N6O4/c1-14(2)12-31-20-15(3-6-17(33)30-9-7-29(8-10-30)13-23(24,25)26)11-27-32(20)22(36)18(21(31)35)19(34)28-16-4-5-16/h3,6,11,14,16,35H,4-5,7-10,12-13H2,1-2H3,(H,28,34)/b6-3+. The smallest absolute Gasteiger partial charge is 0.401 e. The van der Waals surface area contributed by atoms with E-state index in [1.807, 2.05) is 13.8 Å². The van der Waals surface area contributed by atoms with E-state index >= 15 is 0 Å². The third-order valence-corrected chi connectivity index (χ3v) is 6.09. The Kier molecular flexibility index (Phi) is 7.12. The zero-order valence-electron chi connectivity index (χ0n) is 20.1. The summed E-state index contributed by atoms with van der Waals surface area (Å²) in [6.07, 6.45) is 1.43. The molecule has 2 aromatic heterocycles. The van der Waals surface area contributed by atoms with Crippen molar-refractivity contribution in [2.45, 2.75) is 45.5 Å². The highest BCUT2D eigenvalue weighted by atomic mass is 19.4. The van der Waals surface area contributed by atoms with E-state index in [0.29, 0.717) is 5.56 Å². The lowest BCUT2D eigenvalue weighted by Gasteiger charge is -2.34. The maximum Gasteiger partial charge on any atom is 0.401 e. The Morgan fingerprint density at radius 2 is 1.89 bits per heavy atom. The number of carbonyl (C=O) groups excluding carboxylic acids is 2. The predicted octanol–water partition coefficient (Wildman–Crippen LogP) is 1.47. The Bertz CT molecular complexity index is 1240. The molecule has 2 aromatic rings. The molecule has 13 heteroatoms. The van der Waals surface area contributed by atoms with Crippen LogP contribution in [0.3, 0.4) is 0 Å². The molecular formula is C23H29F3N6O4. The number of fused-ring (bicyclic) bond motifs is 1. The van der Waals surface area contributed by atoms with Gasteiger partial charge in [-0.25, -0.2) is 0 Å². The third kappa shape index (κ3) is 5.72. The molecule has 0 unspecified atom stereocenters. The second-order valence-electron chi connectivity index (χ2n) is 9.64. The van der Waals surface area contributed by atoms with Crippen LogP contribution in [0, 0.1) is 5.92 Å². The lowest BCUT2D eigenvalue weighted by molar-refractivity contribution is -0.150. The van der Waals surface area contributed by atoms with Crippen LogP contribution in [0.25, 0.3) is 11.7 Å². The summed E-state index contributed by atoms with van der Waals surface area (Å²) in [6.45, 7) is 3.63. The van der Waals surface area contributed by atoms with E-state index in [4.69, 9.17) is 0 Å². The summed E-state index contributed by atoms with van der Waals surface area (Å²) < 4.78 is 40.2. The number of rotatable bonds is 7. The van der Waals surface area contributed by atoms with Gasteiger partial charge in [0.15, 0.2) is 5.56 Å². The summed E-state index contributed by atoms with van der Waals surface area (Å²) in [5.74, 6) is -1.47. The molecule has 1 aliphatic heterocycles. The van der Waals surface area contributed by atoms with Crippen molar-refractivity contribution >= 4 is 23.5 Å². The Balaban J connectivity index is 1.59. The van der Waals surface area contributed by atoms with Crippen LogP contribution in [0.15, 0.2) is 17.1 Å². The van der Waals surface area contributed by atoms with Crippen LogP contribution in [0.5, 0.6) is 5.88 Å². The molecule has 1 saturated heterocycles. The van der Waals surface area contributed by atoms with E-state index < -0.39 is 30.1 Å². The monoisotopic (exact) mass is 510 g/mol. The molecule has 196 valence electrons. The SMILES string of the molecule is CC(C)Cn1c(O)c(C(=O)NC2CC2)c(=O)n2ncc(/C=C/C(=O)N3CCN(CC(F)(F)F)CC3)c12. The first-order chi connectivity index (χ1) is 16.9. The predicted molar refractivity (Wildman–Crippen MR) is 125 cm³/mol. The van der Waals surface area contributed by atoms with E-state index in [1.54, 1.807) is 0 Å². The fourth-order valence-electron chi connectivity index (χ4n) is 4.20. The van der Waals surface area contributed by atoms with E-state index in [2.05, 4.69) is 10.4 Å². The highest BCUT2D eigenvalue weighted by Gasteiger charge is 2.33. The normalized spacial score (nSPS) is 17.4. The molecule has 1 aliphatic carbocycles. The maximum atomic E-state index is 13.0. The van der Waals surface area contributed by atoms with Crippen molar-refractivity contribution in [1.82, 2.24) is 29.3 Å². The Morgan fingerprint density at radius 3 is 2.47 bits per heavy atom. The van der Waals surface area contributed by atoms with Gasteiger partial charge in [0.1, 0.15) is 5.65 Å². The second kappa shape index (κ2) is 9.96. The number of hydrogen-bond donors (Lipinski definition) is 2. The summed E-state index contributed by atoms with van der Waals surface area (Å²) in [4.78, 5) is 41.1. The van der Waals surface area contributed by atoms with Gasteiger partial charge in [0.25, 0.3) is 11.5 Å². The van der Waals surface area contributed by atoms with Crippen molar-refractivity contribution in [3.63, 3.8) is 0 Å². The molecule has 2 N–H and O–H groups in total. The molecule has 0 atom stereocenters. The molecule has 2 aliphatic rings. The number of nitrogens with one attached hydrogen (secondary N) is 1. The van der Waals surface area contributed by atoms with E-state index in [0.717, 1.165) is 17.4 Å². The van der Waals surface area contributed by atoms with Gasteiger partial charge in [-0.3, -0.25) is 23.9 Å². The quantitative estimate of drug-likeness (QED) is 0.546. The maximum absolute atomic E-state index is 13.0. The Morgan fingerprint density at radius 1 is 1.22 bits per heavy atom. The molecule has 0 bridgehead atoms. The number of piperazine rings is 1. The molecule has 3 heterocycles. The fraction of sp³-hybridized carbons (Fsp3) is 0.565. The number of aromatic nitrogens is 3. The van der Waals surface area contributed by atoms with Crippen molar-refractivity contribution in [2.24, 2.45) is 5.92 Å². The van der Waals surface area contributed by atoms with E-state index in [-0.39, 0.29) is 61.8 Å². The van der Waals surface area contributed by atoms with Gasteiger partial charge in [-0.15, -0.1) is 0 Å². The van der Waals surface area contributed by atoms with E-state index in [1.165, 1.54) is 32.7 Å². The number of halogens is 3. The van der Waals surface area contributed by atoms with Gasteiger partial charge >= 0.3 is 6.18 Å². The Labute approximate surface area is 205 Å². The summed E-state index contributed by atoms with van der Waals surface area (Å²) in [5.41, 5.74) is -0.552. The number of nitrogens with zero attached hydrogens (tertiary/aromatic N) is 5. The molecule has 36 heavy (non-hydrogen) atoms. The molecule has 4 rings (SSSR count). The zero-order chi connectivity index (χ0) is 26.2. The molecule has 10 nitrogen and oxygen atoms in total. The Hall–Kier alpha value is -3.35.